The Balaban J connectivity index is 1.93. The minimum absolute atomic E-state index is 0.107. The first-order valence-corrected chi connectivity index (χ1v) is 6.77. The molecule has 0 unspecified atom stereocenters. The molecule has 3 N–H and O–H groups in total. The van der Waals surface area contributed by atoms with E-state index in [1.807, 2.05) is 12.1 Å². The van der Waals surface area contributed by atoms with Gasteiger partial charge in [0.25, 0.3) is 0 Å². The first-order chi connectivity index (χ1) is 9.58. The van der Waals surface area contributed by atoms with Crippen molar-refractivity contribution < 1.29 is 4.79 Å². The van der Waals surface area contributed by atoms with E-state index in [4.69, 9.17) is 5.73 Å². The van der Waals surface area contributed by atoms with E-state index < -0.39 is 0 Å². The number of benzene rings is 2. The minimum atomic E-state index is 0.107. The fraction of sp³-hybridized carbons (Fsp3) is 0.235. The molecule has 0 spiro atoms. The Hall–Kier alpha value is -2.29. The number of nitrogen functional groups attached to an aromatic ring is 1. The molecule has 104 valence electrons. The lowest BCUT2D eigenvalue weighted by molar-refractivity contribution is 0.0986. The van der Waals surface area contributed by atoms with Crippen LogP contribution in [0.5, 0.6) is 0 Å². The summed E-state index contributed by atoms with van der Waals surface area (Å²) in [4.78, 5) is 12.0. The van der Waals surface area contributed by atoms with Crippen LogP contribution < -0.4 is 11.1 Å². The fourth-order valence-corrected chi connectivity index (χ4v) is 2.11. The van der Waals surface area contributed by atoms with Crippen LogP contribution in [0, 0.1) is 13.8 Å². The van der Waals surface area contributed by atoms with Crippen molar-refractivity contribution in [3.05, 3.63) is 59.2 Å². The van der Waals surface area contributed by atoms with Gasteiger partial charge in [0.05, 0.1) is 0 Å². The van der Waals surface area contributed by atoms with Crippen LogP contribution in [0.1, 0.15) is 27.9 Å². The lowest BCUT2D eigenvalue weighted by atomic mass is 10.1. The average molecular weight is 268 g/mol. The van der Waals surface area contributed by atoms with Gasteiger partial charge in [-0.25, -0.2) is 0 Å². The number of carbonyl (C=O) groups is 1. The van der Waals surface area contributed by atoms with Crippen LogP contribution in [-0.4, -0.2) is 12.3 Å². The van der Waals surface area contributed by atoms with Gasteiger partial charge >= 0.3 is 0 Å². The van der Waals surface area contributed by atoms with E-state index in [9.17, 15) is 4.79 Å². The molecule has 3 nitrogen and oxygen atoms in total. The highest BCUT2D eigenvalue weighted by Gasteiger charge is 2.06. The quantitative estimate of drug-likeness (QED) is 0.644. The van der Waals surface area contributed by atoms with Gasteiger partial charge in [-0.15, -0.1) is 0 Å². The van der Waals surface area contributed by atoms with Crippen molar-refractivity contribution in [1.29, 1.82) is 0 Å². The molecule has 20 heavy (non-hydrogen) atoms. The number of hydrogen-bond donors (Lipinski definition) is 2. The number of nitrogens with one attached hydrogen (secondary N) is 1. The topological polar surface area (TPSA) is 55.1 Å². The Morgan fingerprint density at radius 2 is 1.90 bits per heavy atom. The van der Waals surface area contributed by atoms with Gasteiger partial charge < -0.3 is 11.1 Å². The van der Waals surface area contributed by atoms with Crippen molar-refractivity contribution >= 4 is 17.2 Å². The number of hydrogen-bond acceptors (Lipinski definition) is 3. The summed E-state index contributed by atoms with van der Waals surface area (Å²) in [5, 5.41) is 3.32. The van der Waals surface area contributed by atoms with Gasteiger partial charge in [0.2, 0.25) is 0 Å². The molecule has 2 rings (SSSR count). The van der Waals surface area contributed by atoms with E-state index in [2.05, 4.69) is 25.2 Å². The predicted octanol–water partition coefficient (Wildman–Crippen LogP) is 3.57. The number of aryl methyl sites for hydroxylation is 1. The van der Waals surface area contributed by atoms with E-state index >= 15 is 0 Å². The van der Waals surface area contributed by atoms with Crippen LogP contribution >= 0.6 is 0 Å². The molecule has 0 aromatic heterocycles. The van der Waals surface area contributed by atoms with Crippen molar-refractivity contribution in [2.75, 3.05) is 17.6 Å². The molecule has 0 saturated heterocycles. The molecule has 0 fully saturated rings. The maximum absolute atomic E-state index is 12.0. The molecule has 0 aliphatic carbocycles. The fourth-order valence-electron chi connectivity index (χ4n) is 2.11. The van der Waals surface area contributed by atoms with Crippen molar-refractivity contribution in [2.45, 2.75) is 20.3 Å². The van der Waals surface area contributed by atoms with Crippen molar-refractivity contribution in [2.24, 2.45) is 0 Å². The van der Waals surface area contributed by atoms with Gasteiger partial charge in [-0.3, -0.25) is 4.79 Å². The lowest BCUT2D eigenvalue weighted by Crippen LogP contribution is -2.10. The van der Waals surface area contributed by atoms with E-state index in [0.29, 0.717) is 24.2 Å². The van der Waals surface area contributed by atoms with Gasteiger partial charge in [0, 0.05) is 29.9 Å². The maximum atomic E-state index is 12.0. The summed E-state index contributed by atoms with van der Waals surface area (Å²) >= 11 is 0. The number of carbonyl (C=O) groups excluding carboxylic acids is 1. The van der Waals surface area contributed by atoms with E-state index in [-0.39, 0.29) is 5.78 Å². The van der Waals surface area contributed by atoms with Crippen LogP contribution in [0.4, 0.5) is 11.4 Å². The Morgan fingerprint density at radius 1 is 1.15 bits per heavy atom. The molecule has 0 aliphatic rings. The standard InChI is InChI=1S/C17H20N2O/c1-12-5-3-8-16(13(12)2)19-10-9-17(20)14-6-4-7-15(18)11-14/h3-8,11,19H,9-10,18H2,1-2H3. The Labute approximate surface area is 119 Å². The summed E-state index contributed by atoms with van der Waals surface area (Å²) in [6.45, 7) is 4.79. The van der Waals surface area contributed by atoms with Crippen LogP contribution in [0.25, 0.3) is 0 Å². The molecular weight excluding hydrogens is 248 g/mol. The van der Waals surface area contributed by atoms with Crippen molar-refractivity contribution in [3.63, 3.8) is 0 Å². The number of ketones is 1. The summed E-state index contributed by atoms with van der Waals surface area (Å²) in [6.07, 6.45) is 0.455. The summed E-state index contributed by atoms with van der Waals surface area (Å²) in [7, 11) is 0. The molecule has 0 amide bonds. The number of nitrogens with two attached hydrogens (primary N) is 1. The second kappa shape index (κ2) is 6.24. The van der Waals surface area contributed by atoms with Crippen molar-refractivity contribution in [1.82, 2.24) is 0 Å². The van der Waals surface area contributed by atoms with Crippen LogP contribution in [0.2, 0.25) is 0 Å². The first kappa shape index (κ1) is 14.1. The van der Waals surface area contributed by atoms with Crippen LogP contribution in [-0.2, 0) is 0 Å². The Kier molecular flexibility index (Phi) is 4.41. The molecule has 0 bridgehead atoms. The number of rotatable bonds is 5. The minimum Gasteiger partial charge on any atom is -0.399 e. The predicted molar refractivity (Wildman–Crippen MR) is 84.2 cm³/mol. The smallest absolute Gasteiger partial charge is 0.164 e. The number of Topliss-reactive ketones (excluding diaryl/α,β-unsaturated/α-hetero) is 1. The van der Waals surface area contributed by atoms with Gasteiger partial charge in [-0.1, -0.05) is 24.3 Å². The highest BCUT2D eigenvalue weighted by atomic mass is 16.1. The molecule has 0 radical (unpaired) electrons. The molecule has 0 heterocycles. The van der Waals surface area contributed by atoms with E-state index in [1.165, 1.54) is 11.1 Å². The third-order valence-corrected chi connectivity index (χ3v) is 3.48. The van der Waals surface area contributed by atoms with Gasteiger partial charge in [0.15, 0.2) is 5.78 Å². The van der Waals surface area contributed by atoms with Gasteiger partial charge in [0.1, 0.15) is 0 Å². The molecule has 2 aromatic rings. The summed E-state index contributed by atoms with van der Waals surface area (Å²) in [6, 6.07) is 13.2. The Bertz CT molecular complexity index is 620. The molecule has 0 saturated carbocycles. The largest absolute Gasteiger partial charge is 0.399 e. The molecule has 2 aromatic carbocycles. The van der Waals surface area contributed by atoms with Crippen LogP contribution in [0.15, 0.2) is 42.5 Å². The average Bonchev–Trinajstić information content (AvgIpc) is 2.43. The van der Waals surface area contributed by atoms with E-state index in [0.717, 1.165) is 5.69 Å². The molecule has 0 aliphatic heterocycles. The van der Waals surface area contributed by atoms with Crippen LogP contribution in [0.3, 0.4) is 0 Å². The SMILES string of the molecule is Cc1cccc(NCCC(=O)c2cccc(N)c2)c1C. The summed E-state index contributed by atoms with van der Waals surface area (Å²) < 4.78 is 0. The van der Waals surface area contributed by atoms with Crippen molar-refractivity contribution in [3.8, 4) is 0 Å². The van der Waals surface area contributed by atoms with Gasteiger partial charge in [-0.05, 0) is 43.2 Å². The normalized spacial score (nSPS) is 10.3. The zero-order chi connectivity index (χ0) is 14.5. The third-order valence-electron chi connectivity index (χ3n) is 3.48. The highest BCUT2D eigenvalue weighted by molar-refractivity contribution is 5.97. The maximum Gasteiger partial charge on any atom is 0.164 e. The zero-order valence-electron chi connectivity index (χ0n) is 11.9. The Morgan fingerprint density at radius 3 is 2.65 bits per heavy atom. The summed E-state index contributed by atoms with van der Waals surface area (Å²) in [5.41, 5.74) is 10.5. The summed E-state index contributed by atoms with van der Waals surface area (Å²) in [5.74, 6) is 0.107. The lowest BCUT2D eigenvalue weighted by Gasteiger charge is -2.11. The second-order valence-electron chi connectivity index (χ2n) is 4.97. The molecule has 3 heteroatoms. The molecular formula is C17H20N2O. The molecule has 0 atom stereocenters. The monoisotopic (exact) mass is 268 g/mol. The van der Waals surface area contributed by atoms with Gasteiger partial charge in [-0.2, -0.15) is 0 Å². The third kappa shape index (κ3) is 3.38. The highest BCUT2D eigenvalue weighted by Crippen LogP contribution is 2.18. The second-order valence-corrected chi connectivity index (χ2v) is 4.97. The number of anilines is 2. The van der Waals surface area contributed by atoms with E-state index in [1.54, 1.807) is 24.3 Å². The zero-order valence-corrected chi connectivity index (χ0v) is 11.9. The first-order valence-electron chi connectivity index (χ1n) is 6.77.